The lowest BCUT2D eigenvalue weighted by Crippen LogP contribution is -2.19. The molecule has 0 atom stereocenters. The minimum Gasteiger partial charge on any atom is -0.456 e. The summed E-state index contributed by atoms with van der Waals surface area (Å²) < 4.78 is 12.7. The molecule has 3 heterocycles. The van der Waals surface area contributed by atoms with Crippen LogP contribution in [0.15, 0.2) is 150 Å². The van der Waals surface area contributed by atoms with Gasteiger partial charge in [0.15, 0.2) is 23.1 Å². The van der Waals surface area contributed by atoms with E-state index in [0.717, 1.165) is 67.1 Å². The molecule has 6 nitrogen and oxygen atoms in total. The lowest BCUT2D eigenvalue weighted by Gasteiger charge is -2.31. The average molecular weight is 581 g/mol. The molecule has 0 N–H and O–H groups in total. The Hall–Kier alpha value is -6.27. The van der Waals surface area contributed by atoms with Crippen LogP contribution in [0.1, 0.15) is 0 Å². The molecule has 0 radical (unpaired) electrons. The molecule has 0 amide bonds. The van der Waals surface area contributed by atoms with Crippen LogP contribution in [0.2, 0.25) is 0 Å². The molecule has 8 aromatic rings. The van der Waals surface area contributed by atoms with E-state index < -0.39 is 0 Å². The van der Waals surface area contributed by atoms with Gasteiger partial charge >= 0.3 is 0 Å². The highest BCUT2D eigenvalue weighted by atomic mass is 16.5. The molecule has 0 saturated carbocycles. The molecule has 45 heavy (non-hydrogen) atoms. The summed E-state index contributed by atoms with van der Waals surface area (Å²) in [5, 5.41) is 1.99. The molecular formula is C39H24N4O2. The third-order valence-electron chi connectivity index (χ3n) is 8.13. The van der Waals surface area contributed by atoms with Gasteiger partial charge in [0.1, 0.15) is 11.2 Å². The first-order valence-electron chi connectivity index (χ1n) is 14.8. The van der Waals surface area contributed by atoms with Crippen molar-refractivity contribution in [1.82, 2.24) is 15.0 Å². The first kappa shape index (κ1) is 25.2. The molecule has 6 heteroatoms. The molecule has 2 aromatic heterocycles. The lowest BCUT2D eigenvalue weighted by atomic mass is 10.0. The van der Waals surface area contributed by atoms with Crippen molar-refractivity contribution in [2.45, 2.75) is 0 Å². The quantitative estimate of drug-likeness (QED) is 0.206. The first-order valence-corrected chi connectivity index (χ1v) is 14.8. The third kappa shape index (κ3) is 4.23. The minimum atomic E-state index is 0.494. The summed E-state index contributed by atoms with van der Waals surface area (Å²) in [7, 11) is 0. The van der Waals surface area contributed by atoms with Crippen molar-refractivity contribution in [1.29, 1.82) is 0 Å². The Kier molecular flexibility index (Phi) is 5.71. The fourth-order valence-corrected chi connectivity index (χ4v) is 6.05. The molecule has 0 bridgehead atoms. The van der Waals surface area contributed by atoms with Crippen molar-refractivity contribution < 1.29 is 9.15 Å². The standard InChI is InChI=1S/C39H24N4O2/c1-3-12-25(13-4-1)27-22-23-31-35(24-27)45-33-20-10-8-18-30(33)43(31)39-41-37(26-14-5-2-6-15-26)40-38(42-39)29-17-11-21-34-36(29)28-16-7-9-19-32(28)44-34/h1-24H. The maximum atomic E-state index is 6.49. The van der Waals surface area contributed by atoms with Gasteiger partial charge in [-0.25, -0.2) is 4.98 Å². The summed E-state index contributed by atoms with van der Waals surface area (Å²) in [6.45, 7) is 0. The van der Waals surface area contributed by atoms with Crippen LogP contribution < -0.4 is 9.64 Å². The number of ether oxygens (including phenoxy) is 1. The Morgan fingerprint density at radius 3 is 2.02 bits per heavy atom. The molecular weight excluding hydrogens is 556 g/mol. The number of anilines is 3. The van der Waals surface area contributed by atoms with E-state index in [1.54, 1.807) is 0 Å². The highest BCUT2D eigenvalue weighted by Crippen LogP contribution is 2.51. The zero-order valence-electron chi connectivity index (χ0n) is 24.0. The van der Waals surface area contributed by atoms with Gasteiger partial charge in [-0.15, -0.1) is 0 Å². The van der Waals surface area contributed by atoms with Gasteiger partial charge in [0, 0.05) is 21.9 Å². The average Bonchev–Trinajstić information content (AvgIpc) is 3.50. The Labute approximate surface area is 258 Å². The lowest BCUT2D eigenvalue weighted by molar-refractivity contribution is 0.476. The highest BCUT2D eigenvalue weighted by Gasteiger charge is 2.29. The van der Waals surface area contributed by atoms with Crippen LogP contribution in [0.5, 0.6) is 11.5 Å². The number of benzene rings is 6. The predicted octanol–water partition coefficient (Wildman–Crippen LogP) is 10.3. The van der Waals surface area contributed by atoms with E-state index in [0.29, 0.717) is 17.6 Å². The number of nitrogens with zero attached hydrogens (tertiary/aromatic N) is 4. The number of fused-ring (bicyclic) bond motifs is 5. The minimum absolute atomic E-state index is 0.494. The van der Waals surface area contributed by atoms with E-state index in [-0.39, 0.29) is 0 Å². The molecule has 9 rings (SSSR count). The van der Waals surface area contributed by atoms with E-state index in [4.69, 9.17) is 24.1 Å². The fourth-order valence-electron chi connectivity index (χ4n) is 6.05. The monoisotopic (exact) mass is 580 g/mol. The van der Waals surface area contributed by atoms with Crippen LogP contribution in [-0.4, -0.2) is 15.0 Å². The molecule has 1 aliphatic heterocycles. The van der Waals surface area contributed by atoms with E-state index >= 15 is 0 Å². The first-order chi connectivity index (χ1) is 22.3. The maximum absolute atomic E-state index is 6.49. The molecule has 0 saturated heterocycles. The summed E-state index contributed by atoms with van der Waals surface area (Å²) in [6, 6.07) is 48.6. The predicted molar refractivity (Wildman–Crippen MR) is 178 cm³/mol. The molecule has 0 unspecified atom stereocenters. The normalized spacial score (nSPS) is 12.1. The summed E-state index contributed by atoms with van der Waals surface area (Å²) in [4.78, 5) is 17.4. The zero-order chi connectivity index (χ0) is 29.7. The number of rotatable bonds is 4. The van der Waals surface area contributed by atoms with Crippen LogP contribution in [-0.2, 0) is 0 Å². The number of para-hydroxylation sites is 3. The Morgan fingerprint density at radius 2 is 1.16 bits per heavy atom. The topological polar surface area (TPSA) is 64.3 Å². The second-order valence-electron chi connectivity index (χ2n) is 10.9. The number of furan rings is 1. The second kappa shape index (κ2) is 10.2. The van der Waals surface area contributed by atoms with Gasteiger partial charge in [0.05, 0.1) is 11.4 Å². The van der Waals surface area contributed by atoms with E-state index in [9.17, 15) is 0 Å². The Bertz CT molecular complexity index is 2370. The van der Waals surface area contributed by atoms with Crippen LogP contribution in [0, 0.1) is 0 Å². The van der Waals surface area contributed by atoms with Crippen molar-refractivity contribution in [2.75, 3.05) is 4.90 Å². The summed E-state index contributed by atoms with van der Waals surface area (Å²) in [6.07, 6.45) is 0. The second-order valence-corrected chi connectivity index (χ2v) is 10.9. The number of hydrogen-bond acceptors (Lipinski definition) is 6. The van der Waals surface area contributed by atoms with Gasteiger partial charge in [-0.05, 0) is 47.5 Å². The van der Waals surface area contributed by atoms with Crippen molar-refractivity contribution in [2.24, 2.45) is 0 Å². The van der Waals surface area contributed by atoms with E-state index in [1.807, 2.05) is 109 Å². The van der Waals surface area contributed by atoms with Gasteiger partial charge in [0.2, 0.25) is 5.95 Å². The summed E-state index contributed by atoms with van der Waals surface area (Å²) in [5.41, 5.74) is 7.25. The van der Waals surface area contributed by atoms with Crippen molar-refractivity contribution in [3.05, 3.63) is 146 Å². The molecule has 212 valence electrons. The number of aromatic nitrogens is 3. The largest absolute Gasteiger partial charge is 0.456 e. The smallest absolute Gasteiger partial charge is 0.239 e. The SMILES string of the molecule is c1ccc(-c2ccc3c(c2)Oc2ccccc2N3c2nc(-c3ccccc3)nc(-c3cccc4oc5ccccc5c34)n2)cc1. The molecule has 6 aromatic carbocycles. The van der Waals surface area contributed by atoms with Crippen molar-refractivity contribution in [3.8, 4) is 45.4 Å². The molecule has 0 aliphatic carbocycles. The Balaban J connectivity index is 1.30. The van der Waals surface area contributed by atoms with Gasteiger partial charge in [0.25, 0.3) is 0 Å². The fraction of sp³-hybridized carbons (Fsp3) is 0. The van der Waals surface area contributed by atoms with Gasteiger partial charge in [-0.3, -0.25) is 4.90 Å². The van der Waals surface area contributed by atoms with Crippen molar-refractivity contribution in [3.63, 3.8) is 0 Å². The highest BCUT2D eigenvalue weighted by molar-refractivity contribution is 6.11. The summed E-state index contributed by atoms with van der Waals surface area (Å²) >= 11 is 0. The summed E-state index contributed by atoms with van der Waals surface area (Å²) in [5.74, 6) is 3.07. The third-order valence-corrected chi connectivity index (χ3v) is 8.13. The zero-order valence-corrected chi connectivity index (χ0v) is 24.0. The molecule has 0 spiro atoms. The molecule has 1 aliphatic rings. The molecule has 0 fully saturated rings. The van der Waals surface area contributed by atoms with Gasteiger partial charge in [-0.1, -0.05) is 109 Å². The van der Waals surface area contributed by atoms with Crippen LogP contribution in [0.4, 0.5) is 17.3 Å². The van der Waals surface area contributed by atoms with Gasteiger partial charge in [-0.2, -0.15) is 9.97 Å². The van der Waals surface area contributed by atoms with E-state index in [1.165, 1.54) is 0 Å². The van der Waals surface area contributed by atoms with Crippen LogP contribution in [0.3, 0.4) is 0 Å². The van der Waals surface area contributed by atoms with Crippen molar-refractivity contribution >= 4 is 39.3 Å². The maximum Gasteiger partial charge on any atom is 0.239 e. The van der Waals surface area contributed by atoms with Crippen LogP contribution >= 0.6 is 0 Å². The van der Waals surface area contributed by atoms with Crippen LogP contribution in [0.25, 0.3) is 55.8 Å². The number of hydrogen-bond donors (Lipinski definition) is 0. The Morgan fingerprint density at radius 1 is 0.467 bits per heavy atom. The van der Waals surface area contributed by atoms with E-state index in [2.05, 4.69) is 41.3 Å². The van der Waals surface area contributed by atoms with Gasteiger partial charge < -0.3 is 9.15 Å².